The van der Waals surface area contributed by atoms with Crippen LogP contribution in [-0.2, 0) is 6.54 Å². The van der Waals surface area contributed by atoms with E-state index in [2.05, 4.69) is 4.98 Å². The maximum atomic E-state index is 12.9. The Morgan fingerprint density at radius 2 is 2.00 bits per heavy atom. The lowest BCUT2D eigenvalue weighted by Crippen LogP contribution is -1.96. The topological polar surface area (TPSA) is 38.9 Å². The molecule has 0 radical (unpaired) electrons. The first-order chi connectivity index (χ1) is 8.28. The summed E-state index contributed by atoms with van der Waals surface area (Å²) < 4.78 is 12.9. The lowest BCUT2D eigenvalue weighted by molar-refractivity contribution is 0.628. The molecular formula is C13H13FN2S. The van der Waals surface area contributed by atoms with E-state index >= 15 is 0 Å². The van der Waals surface area contributed by atoms with Crippen molar-refractivity contribution in [2.75, 3.05) is 0 Å². The average Bonchev–Trinajstić information content (AvgIpc) is 3.10. The number of rotatable bonds is 3. The molecule has 4 heteroatoms. The Hall–Kier alpha value is -1.26. The molecule has 1 aromatic carbocycles. The zero-order valence-electron chi connectivity index (χ0n) is 9.32. The molecule has 1 fully saturated rings. The van der Waals surface area contributed by atoms with Gasteiger partial charge in [-0.05, 0) is 37.1 Å². The molecular weight excluding hydrogens is 235 g/mol. The predicted molar refractivity (Wildman–Crippen MR) is 67.4 cm³/mol. The Labute approximate surface area is 103 Å². The van der Waals surface area contributed by atoms with E-state index < -0.39 is 0 Å². The van der Waals surface area contributed by atoms with Gasteiger partial charge in [-0.2, -0.15) is 0 Å². The molecule has 0 unspecified atom stereocenters. The van der Waals surface area contributed by atoms with Crippen molar-refractivity contribution in [3.05, 3.63) is 40.7 Å². The molecule has 17 heavy (non-hydrogen) atoms. The summed E-state index contributed by atoms with van der Waals surface area (Å²) in [5.41, 5.74) is 7.88. The second-order valence-corrected chi connectivity index (χ2v) is 5.40. The highest BCUT2D eigenvalue weighted by Crippen LogP contribution is 2.44. The average molecular weight is 248 g/mol. The van der Waals surface area contributed by atoms with Crippen LogP contribution in [0.15, 0.2) is 24.3 Å². The van der Waals surface area contributed by atoms with E-state index in [1.165, 1.54) is 29.9 Å². The van der Waals surface area contributed by atoms with Gasteiger partial charge >= 0.3 is 0 Å². The summed E-state index contributed by atoms with van der Waals surface area (Å²) >= 11 is 1.63. The third kappa shape index (κ3) is 2.10. The normalized spacial score (nSPS) is 15.2. The van der Waals surface area contributed by atoms with E-state index in [4.69, 9.17) is 5.73 Å². The van der Waals surface area contributed by atoms with Gasteiger partial charge in [0.1, 0.15) is 10.8 Å². The maximum absolute atomic E-state index is 12.9. The van der Waals surface area contributed by atoms with Gasteiger partial charge in [0.2, 0.25) is 0 Å². The van der Waals surface area contributed by atoms with Gasteiger partial charge in [0.15, 0.2) is 0 Å². The van der Waals surface area contributed by atoms with Crippen LogP contribution < -0.4 is 5.73 Å². The molecule has 0 amide bonds. The monoisotopic (exact) mass is 248 g/mol. The van der Waals surface area contributed by atoms with Crippen LogP contribution in [-0.4, -0.2) is 4.98 Å². The van der Waals surface area contributed by atoms with Crippen LogP contribution in [0.2, 0.25) is 0 Å². The van der Waals surface area contributed by atoms with Crippen LogP contribution in [0.4, 0.5) is 4.39 Å². The largest absolute Gasteiger partial charge is 0.326 e. The summed E-state index contributed by atoms with van der Waals surface area (Å²) in [6, 6.07) is 6.47. The molecule has 0 spiro atoms. The number of benzene rings is 1. The van der Waals surface area contributed by atoms with E-state index in [1.807, 2.05) is 0 Å². The van der Waals surface area contributed by atoms with Crippen molar-refractivity contribution >= 4 is 11.3 Å². The fourth-order valence-corrected chi connectivity index (χ4v) is 2.93. The van der Waals surface area contributed by atoms with Crippen molar-refractivity contribution < 1.29 is 4.39 Å². The smallest absolute Gasteiger partial charge is 0.123 e. The minimum Gasteiger partial charge on any atom is -0.326 e. The molecule has 88 valence electrons. The highest BCUT2D eigenvalue weighted by molar-refractivity contribution is 7.15. The zero-order chi connectivity index (χ0) is 11.8. The number of nitrogens with zero attached hydrogens (tertiary/aromatic N) is 1. The van der Waals surface area contributed by atoms with Crippen molar-refractivity contribution in [2.45, 2.75) is 25.3 Å². The van der Waals surface area contributed by atoms with Gasteiger partial charge in [0.25, 0.3) is 0 Å². The molecule has 1 aromatic heterocycles. The number of hydrogen-bond donors (Lipinski definition) is 1. The molecule has 0 saturated heterocycles. The lowest BCUT2D eigenvalue weighted by atomic mass is 10.2. The standard InChI is InChI=1S/C13H13FN2S/c14-10-5-3-9(4-6-10)13-16-12(8-1-2-8)11(7-15)17-13/h3-6,8H,1-2,7,15H2. The van der Waals surface area contributed by atoms with Crippen LogP contribution in [0.5, 0.6) is 0 Å². The van der Waals surface area contributed by atoms with Crippen LogP contribution >= 0.6 is 11.3 Å². The molecule has 2 aromatic rings. The third-order valence-corrected chi connectivity index (χ3v) is 4.11. The Kier molecular flexibility index (Phi) is 2.68. The fourth-order valence-electron chi connectivity index (χ4n) is 1.90. The second-order valence-electron chi connectivity index (χ2n) is 4.31. The maximum Gasteiger partial charge on any atom is 0.123 e. The fraction of sp³-hybridized carbons (Fsp3) is 0.308. The predicted octanol–water partition coefficient (Wildman–Crippen LogP) is 3.29. The SMILES string of the molecule is NCc1sc(-c2ccc(F)cc2)nc1C1CC1. The first-order valence-corrected chi connectivity index (χ1v) is 6.55. The van der Waals surface area contributed by atoms with E-state index in [9.17, 15) is 4.39 Å². The van der Waals surface area contributed by atoms with Crippen molar-refractivity contribution in [1.82, 2.24) is 4.98 Å². The molecule has 2 nitrogen and oxygen atoms in total. The first kappa shape index (κ1) is 10.9. The molecule has 1 heterocycles. The molecule has 2 N–H and O–H groups in total. The molecule has 1 saturated carbocycles. The van der Waals surface area contributed by atoms with Crippen molar-refractivity contribution in [2.24, 2.45) is 5.73 Å². The van der Waals surface area contributed by atoms with Crippen LogP contribution in [0.3, 0.4) is 0 Å². The summed E-state index contributed by atoms with van der Waals surface area (Å²) in [4.78, 5) is 5.83. The van der Waals surface area contributed by atoms with Gasteiger partial charge in [-0.3, -0.25) is 0 Å². The number of hydrogen-bond acceptors (Lipinski definition) is 3. The summed E-state index contributed by atoms with van der Waals surface area (Å²) in [7, 11) is 0. The lowest BCUT2D eigenvalue weighted by Gasteiger charge is -1.95. The molecule has 0 atom stereocenters. The molecule has 1 aliphatic carbocycles. The van der Waals surface area contributed by atoms with Gasteiger partial charge in [0, 0.05) is 22.9 Å². The van der Waals surface area contributed by atoms with Gasteiger partial charge in [-0.15, -0.1) is 11.3 Å². The highest BCUT2D eigenvalue weighted by Gasteiger charge is 2.29. The second kappa shape index (κ2) is 4.20. The first-order valence-electron chi connectivity index (χ1n) is 5.73. The zero-order valence-corrected chi connectivity index (χ0v) is 10.1. The van der Waals surface area contributed by atoms with Crippen molar-refractivity contribution in [3.8, 4) is 10.6 Å². The van der Waals surface area contributed by atoms with Gasteiger partial charge < -0.3 is 5.73 Å². The summed E-state index contributed by atoms with van der Waals surface area (Å²) in [5, 5.41) is 0.951. The Balaban J connectivity index is 2.00. The number of nitrogens with two attached hydrogens (primary N) is 1. The number of halogens is 1. The van der Waals surface area contributed by atoms with Gasteiger partial charge in [-0.1, -0.05) is 0 Å². The quantitative estimate of drug-likeness (QED) is 0.905. The minimum absolute atomic E-state index is 0.216. The van der Waals surface area contributed by atoms with Crippen molar-refractivity contribution in [3.63, 3.8) is 0 Å². The Morgan fingerprint density at radius 3 is 2.59 bits per heavy atom. The summed E-state index contributed by atoms with van der Waals surface area (Å²) in [6.07, 6.45) is 2.44. The molecule has 1 aliphatic rings. The van der Waals surface area contributed by atoms with Crippen molar-refractivity contribution in [1.29, 1.82) is 0 Å². The third-order valence-electron chi connectivity index (χ3n) is 2.97. The van der Waals surface area contributed by atoms with Crippen LogP contribution in [0.25, 0.3) is 10.6 Å². The Bertz CT molecular complexity index is 529. The number of thiazole rings is 1. The van der Waals surface area contributed by atoms with Crippen LogP contribution in [0, 0.1) is 5.82 Å². The van der Waals surface area contributed by atoms with E-state index in [-0.39, 0.29) is 5.82 Å². The number of aromatic nitrogens is 1. The molecule has 3 rings (SSSR count). The van der Waals surface area contributed by atoms with E-state index in [0.717, 1.165) is 16.3 Å². The molecule has 0 aliphatic heterocycles. The summed E-state index contributed by atoms with van der Waals surface area (Å²) in [5.74, 6) is 0.394. The molecule has 0 bridgehead atoms. The van der Waals surface area contributed by atoms with Gasteiger partial charge in [-0.25, -0.2) is 9.37 Å². The van der Waals surface area contributed by atoms with E-state index in [0.29, 0.717) is 12.5 Å². The Morgan fingerprint density at radius 1 is 1.29 bits per heavy atom. The van der Waals surface area contributed by atoms with Gasteiger partial charge in [0.05, 0.1) is 5.69 Å². The summed E-state index contributed by atoms with van der Waals surface area (Å²) in [6.45, 7) is 0.546. The van der Waals surface area contributed by atoms with Crippen LogP contribution in [0.1, 0.15) is 29.3 Å². The minimum atomic E-state index is -0.216. The highest BCUT2D eigenvalue weighted by atomic mass is 32.1. The van der Waals surface area contributed by atoms with E-state index in [1.54, 1.807) is 23.5 Å².